The molecule has 1 saturated heterocycles. The number of amides is 1. The summed E-state index contributed by atoms with van der Waals surface area (Å²) in [6, 6.07) is 11.4. The maximum Gasteiger partial charge on any atom is 0.295 e. The van der Waals surface area contributed by atoms with Gasteiger partial charge in [-0.05, 0) is 50.0 Å². The Morgan fingerprint density at radius 2 is 1.87 bits per heavy atom. The topological polar surface area (TPSA) is 70.1 Å². The van der Waals surface area contributed by atoms with Crippen molar-refractivity contribution in [3.05, 3.63) is 68.7 Å². The highest BCUT2D eigenvalue weighted by Gasteiger charge is 2.45. The molecule has 1 heterocycles. The number of rotatable bonds is 6. The molecule has 158 valence electrons. The number of aliphatic hydroxyl groups excluding tert-OH is 1. The molecule has 1 aliphatic rings. The van der Waals surface area contributed by atoms with Gasteiger partial charge in [0.25, 0.3) is 11.7 Å². The Labute approximate surface area is 188 Å². The number of nitrogens with zero attached hydrogens (tertiary/aromatic N) is 2. The van der Waals surface area contributed by atoms with E-state index in [1.54, 1.807) is 12.1 Å². The Bertz CT molecular complexity index is 1000. The van der Waals surface area contributed by atoms with Gasteiger partial charge < -0.3 is 19.6 Å². The van der Waals surface area contributed by atoms with Gasteiger partial charge in [-0.3, -0.25) is 9.59 Å². The largest absolute Gasteiger partial charge is 0.507 e. The molecule has 0 bridgehead atoms. The van der Waals surface area contributed by atoms with E-state index in [4.69, 9.17) is 16.3 Å². The fraction of sp³-hybridized carbons (Fsp3) is 0.273. The molecular weight excluding hydrogens is 472 g/mol. The first-order valence-corrected chi connectivity index (χ1v) is 10.4. The number of carbonyl (C=O) groups excluding carboxylic acids is 2. The van der Waals surface area contributed by atoms with Crippen molar-refractivity contribution in [1.29, 1.82) is 0 Å². The zero-order chi connectivity index (χ0) is 22.0. The summed E-state index contributed by atoms with van der Waals surface area (Å²) in [4.78, 5) is 29.2. The van der Waals surface area contributed by atoms with E-state index in [0.29, 0.717) is 29.4 Å². The summed E-state index contributed by atoms with van der Waals surface area (Å²) in [6.07, 6.45) is 0. The highest BCUT2D eigenvalue weighted by atomic mass is 79.9. The molecule has 1 unspecified atom stereocenters. The van der Waals surface area contributed by atoms with Crippen LogP contribution >= 0.6 is 27.5 Å². The summed E-state index contributed by atoms with van der Waals surface area (Å²) in [6.45, 7) is 0.924. The Balaban J connectivity index is 2.14. The molecule has 0 aromatic heterocycles. The number of hydrogen-bond acceptors (Lipinski definition) is 5. The van der Waals surface area contributed by atoms with Gasteiger partial charge >= 0.3 is 0 Å². The molecular formula is C22H22BrClN2O4. The summed E-state index contributed by atoms with van der Waals surface area (Å²) in [5.41, 5.74) is 1.12. The van der Waals surface area contributed by atoms with E-state index in [-0.39, 0.29) is 11.3 Å². The Morgan fingerprint density at radius 1 is 1.20 bits per heavy atom. The maximum absolute atomic E-state index is 12.9. The second-order valence-corrected chi connectivity index (χ2v) is 8.52. The number of methoxy groups -OCH3 is 1. The van der Waals surface area contributed by atoms with E-state index in [1.807, 2.05) is 43.3 Å². The van der Waals surface area contributed by atoms with Crippen LogP contribution < -0.4 is 4.74 Å². The highest BCUT2D eigenvalue weighted by Crippen LogP contribution is 2.40. The monoisotopic (exact) mass is 492 g/mol. The van der Waals surface area contributed by atoms with Crippen LogP contribution in [0.3, 0.4) is 0 Å². The smallest absolute Gasteiger partial charge is 0.295 e. The van der Waals surface area contributed by atoms with Crippen molar-refractivity contribution in [1.82, 2.24) is 9.80 Å². The van der Waals surface area contributed by atoms with E-state index in [1.165, 1.54) is 18.1 Å². The number of hydrogen-bond donors (Lipinski definition) is 1. The fourth-order valence-corrected chi connectivity index (χ4v) is 3.90. The molecule has 30 heavy (non-hydrogen) atoms. The van der Waals surface area contributed by atoms with E-state index in [2.05, 4.69) is 15.9 Å². The van der Waals surface area contributed by atoms with Crippen molar-refractivity contribution in [3.63, 3.8) is 0 Å². The number of carbonyl (C=O) groups is 2. The lowest BCUT2D eigenvalue weighted by Gasteiger charge is -2.26. The van der Waals surface area contributed by atoms with Crippen LogP contribution in [0.5, 0.6) is 5.75 Å². The van der Waals surface area contributed by atoms with Crippen molar-refractivity contribution >= 4 is 45.0 Å². The molecule has 2 aromatic rings. The van der Waals surface area contributed by atoms with Crippen molar-refractivity contribution < 1.29 is 19.4 Å². The highest BCUT2D eigenvalue weighted by molar-refractivity contribution is 9.10. The van der Waals surface area contributed by atoms with Crippen molar-refractivity contribution in [2.75, 3.05) is 34.3 Å². The molecule has 0 aliphatic carbocycles. The average Bonchev–Trinajstić information content (AvgIpc) is 2.96. The van der Waals surface area contributed by atoms with Crippen molar-refractivity contribution in [3.8, 4) is 5.75 Å². The third-order valence-corrected chi connectivity index (χ3v) is 5.76. The number of benzene rings is 2. The summed E-state index contributed by atoms with van der Waals surface area (Å²) in [5.74, 6) is -1.17. The molecule has 8 heteroatoms. The number of likely N-dealkylation sites (N-methyl/N-ethyl adjacent to an activating group) is 1. The van der Waals surface area contributed by atoms with Gasteiger partial charge in [0.1, 0.15) is 11.5 Å². The minimum atomic E-state index is -0.717. The van der Waals surface area contributed by atoms with Gasteiger partial charge in [-0.1, -0.05) is 39.7 Å². The number of ketones is 1. The molecule has 1 atom stereocenters. The van der Waals surface area contributed by atoms with Crippen LogP contribution in [0.4, 0.5) is 0 Å². The maximum atomic E-state index is 12.9. The summed E-state index contributed by atoms with van der Waals surface area (Å²) in [7, 11) is 5.28. The first-order valence-electron chi connectivity index (χ1n) is 9.27. The molecule has 1 aliphatic heterocycles. The van der Waals surface area contributed by atoms with E-state index < -0.39 is 17.7 Å². The molecule has 0 radical (unpaired) electrons. The molecule has 1 amide bonds. The Kier molecular flexibility index (Phi) is 6.85. The van der Waals surface area contributed by atoms with Crippen molar-refractivity contribution in [2.45, 2.75) is 6.04 Å². The van der Waals surface area contributed by atoms with Gasteiger partial charge in [0, 0.05) is 23.1 Å². The third kappa shape index (κ3) is 4.38. The molecule has 3 rings (SSSR count). The lowest BCUT2D eigenvalue weighted by atomic mass is 9.95. The van der Waals surface area contributed by atoms with E-state index in [0.717, 1.165) is 10.0 Å². The van der Waals surface area contributed by atoms with Crippen LogP contribution in [0.1, 0.15) is 17.2 Å². The summed E-state index contributed by atoms with van der Waals surface area (Å²) < 4.78 is 6.02. The molecule has 6 nitrogen and oxygen atoms in total. The van der Waals surface area contributed by atoms with Crippen LogP contribution in [0.2, 0.25) is 5.02 Å². The Morgan fingerprint density at radius 3 is 2.43 bits per heavy atom. The first kappa shape index (κ1) is 22.3. The van der Waals surface area contributed by atoms with E-state index >= 15 is 0 Å². The summed E-state index contributed by atoms with van der Waals surface area (Å²) in [5, 5.41) is 11.3. The van der Waals surface area contributed by atoms with Gasteiger partial charge in [0.2, 0.25) is 0 Å². The molecule has 1 N–H and O–H groups in total. The number of halogens is 2. The van der Waals surface area contributed by atoms with Gasteiger partial charge in [0.05, 0.1) is 23.7 Å². The van der Waals surface area contributed by atoms with Crippen LogP contribution in [0.25, 0.3) is 5.76 Å². The van der Waals surface area contributed by atoms with Gasteiger partial charge in [0.15, 0.2) is 0 Å². The lowest BCUT2D eigenvalue weighted by Crippen LogP contribution is -2.35. The standard InChI is InChI=1S/C22H22BrClN2O4/c1-25(2)10-11-26-19(13-4-7-15(23)8-5-13)18(21(28)22(26)29)20(27)14-6-9-17(30-3)16(24)12-14/h4-9,12,19,27H,10-11H2,1-3H3/b20-18-. The van der Waals surface area contributed by atoms with Gasteiger partial charge in [-0.15, -0.1) is 0 Å². The quantitative estimate of drug-likeness (QED) is 0.373. The average molecular weight is 494 g/mol. The second-order valence-electron chi connectivity index (χ2n) is 7.20. The van der Waals surface area contributed by atoms with Gasteiger partial charge in [-0.2, -0.15) is 0 Å². The molecule has 2 aromatic carbocycles. The summed E-state index contributed by atoms with van der Waals surface area (Å²) >= 11 is 9.60. The number of aliphatic hydroxyl groups is 1. The molecule has 1 fully saturated rings. The minimum absolute atomic E-state index is 0.0438. The zero-order valence-corrected chi connectivity index (χ0v) is 19.2. The zero-order valence-electron chi connectivity index (χ0n) is 16.9. The van der Waals surface area contributed by atoms with E-state index in [9.17, 15) is 14.7 Å². The normalized spacial score (nSPS) is 18.3. The minimum Gasteiger partial charge on any atom is -0.507 e. The number of Topliss-reactive ketones (excluding diaryl/α,β-unsaturated/α-hetero) is 1. The van der Waals surface area contributed by atoms with Crippen LogP contribution in [0, 0.1) is 0 Å². The first-order chi connectivity index (χ1) is 14.2. The molecule has 0 spiro atoms. The number of likely N-dealkylation sites (tertiary alicyclic amines) is 1. The third-order valence-electron chi connectivity index (χ3n) is 4.94. The predicted molar refractivity (Wildman–Crippen MR) is 120 cm³/mol. The van der Waals surface area contributed by atoms with Crippen molar-refractivity contribution in [2.24, 2.45) is 0 Å². The number of ether oxygens (including phenoxy) is 1. The van der Waals surface area contributed by atoms with Gasteiger partial charge in [-0.25, -0.2) is 0 Å². The Hall–Kier alpha value is -2.35. The van der Waals surface area contributed by atoms with Crippen LogP contribution in [-0.2, 0) is 9.59 Å². The fourth-order valence-electron chi connectivity index (χ4n) is 3.38. The van der Waals surface area contributed by atoms with Crippen LogP contribution in [0.15, 0.2) is 52.5 Å². The van der Waals surface area contributed by atoms with Crippen LogP contribution in [-0.4, -0.2) is 60.9 Å². The SMILES string of the molecule is COc1ccc(/C(O)=C2/C(=O)C(=O)N(CCN(C)C)C2c2ccc(Br)cc2)cc1Cl. The second kappa shape index (κ2) is 9.20. The molecule has 0 saturated carbocycles. The lowest BCUT2D eigenvalue weighted by molar-refractivity contribution is -0.140. The predicted octanol–water partition coefficient (Wildman–Crippen LogP) is 4.09.